The molecule has 0 aliphatic heterocycles. The number of aryl methyl sites for hydroxylation is 1. The van der Waals surface area contributed by atoms with E-state index >= 15 is 0 Å². The zero-order valence-electron chi connectivity index (χ0n) is 13.3. The highest BCUT2D eigenvalue weighted by molar-refractivity contribution is 6.01. The number of hydrogen-bond donors (Lipinski definition) is 0. The Balaban J connectivity index is 2.16. The van der Waals surface area contributed by atoms with Gasteiger partial charge < -0.3 is 9.47 Å². The molecule has 6 heteroatoms. The molecule has 0 aliphatic rings. The number of ketones is 1. The fourth-order valence-electron chi connectivity index (χ4n) is 2.21. The number of halogens is 3. The molecule has 0 aromatic heterocycles. The average molecular weight is 338 g/mol. The fraction of sp³-hybridized carbons (Fsp3) is 0.278. The smallest absolute Gasteiger partial charge is 0.454 e. The summed E-state index contributed by atoms with van der Waals surface area (Å²) >= 11 is 0. The van der Waals surface area contributed by atoms with E-state index in [0.717, 1.165) is 17.4 Å². The SMILES string of the molecule is CCOc1ccc(OCc2ccccc2C(=O)C(F)(F)F)cc1C. The van der Waals surface area contributed by atoms with Crippen molar-refractivity contribution in [3.63, 3.8) is 0 Å². The molecule has 0 spiro atoms. The molecule has 0 unspecified atom stereocenters. The predicted octanol–water partition coefficient (Wildman–Crippen LogP) is 4.72. The lowest BCUT2D eigenvalue weighted by Gasteiger charge is -2.13. The highest BCUT2D eigenvalue weighted by atomic mass is 19.4. The van der Waals surface area contributed by atoms with Crippen LogP contribution in [0, 0.1) is 6.92 Å². The van der Waals surface area contributed by atoms with Gasteiger partial charge in [0.1, 0.15) is 18.1 Å². The van der Waals surface area contributed by atoms with E-state index in [2.05, 4.69) is 0 Å². The molecule has 24 heavy (non-hydrogen) atoms. The van der Waals surface area contributed by atoms with Crippen LogP contribution in [-0.2, 0) is 6.61 Å². The summed E-state index contributed by atoms with van der Waals surface area (Å²) in [7, 11) is 0. The summed E-state index contributed by atoms with van der Waals surface area (Å²) in [4.78, 5) is 11.5. The van der Waals surface area contributed by atoms with Crippen LogP contribution < -0.4 is 9.47 Å². The van der Waals surface area contributed by atoms with Crippen LogP contribution in [0.25, 0.3) is 0 Å². The van der Waals surface area contributed by atoms with Crippen LogP contribution in [0.2, 0.25) is 0 Å². The average Bonchev–Trinajstić information content (AvgIpc) is 2.54. The Morgan fingerprint density at radius 1 is 1.08 bits per heavy atom. The lowest BCUT2D eigenvalue weighted by molar-refractivity contribution is -0.0886. The van der Waals surface area contributed by atoms with Crippen LogP contribution in [0.3, 0.4) is 0 Å². The third-order valence-corrected chi connectivity index (χ3v) is 3.36. The number of Topliss-reactive ketones (excluding diaryl/α,β-unsaturated/α-hetero) is 1. The lowest BCUT2D eigenvalue weighted by Crippen LogP contribution is -2.24. The van der Waals surface area contributed by atoms with Crippen LogP contribution in [0.1, 0.15) is 28.4 Å². The van der Waals surface area contributed by atoms with Gasteiger partial charge in [-0.25, -0.2) is 0 Å². The number of ether oxygens (including phenoxy) is 2. The van der Waals surface area contributed by atoms with Crippen molar-refractivity contribution in [2.75, 3.05) is 6.61 Å². The number of carbonyl (C=O) groups is 1. The summed E-state index contributed by atoms with van der Waals surface area (Å²) in [5.74, 6) is -0.660. The standard InChI is InChI=1S/C18H17F3O3/c1-3-23-16-9-8-14(10-12(16)2)24-11-13-6-4-5-7-15(13)17(22)18(19,20)21/h4-10H,3,11H2,1-2H3. The van der Waals surface area contributed by atoms with E-state index in [9.17, 15) is 18.0 Å². The van der Waals surface area contributed by atoms with Crippen LogP contribution >= 0.6 is 0 Å². The van der Waals surface area contributed by atoms with E-state index < -0.39 is 17.5 Å². The molecular weight excluding hydrogens is 321 g/mol. The van der Waals surface area contributed by atoms with Crippen molar-refractivity contribution in [1.29, 1.82) is 0 Å². The van der Waals surface area contributed by atoms with Crippen molar-refractivity contribution >= 4 is 5.78 Å². The minimum Gasteiger partial charge on any atom is -0.494 e. The van der Waals surface area contributed by atoms with Crippen LogP contribution in [0.5, 0.6) is 11.5 Å². The van der Waals surface area contributed by atoms with Gasteiger partial charge in [-0.3, -0.25) is 4.79 Å². The zero-order chi connectivity index (χ0) is 17.7. The zero-order valence-corrected chi connectivity index (χ0v) is 13.3. The molecule has 0 radical (unpaired) electrons. The van der Waals surface area contributed by atoms with Gasteiger partial charge in [0.2, 0.25) is 0 Å². The maximum Gasteiger partial charge on any atom is 0.454 e. The summed E-state index contributed by atoms with van der Waals surface area (Å²) in [5, 5.41) is 0. The van der Waals surface area contributed by atoms with Crippen molar-refractivity contribution in [3.05, 3.63) is 59.2 Å². The van der Waals surface area contributed by atoms with Gasteiger partial charge in [0, 0.05) is 11.1 Å². The molecule has 0 atom stereocenters. The fourth-order valence-corrected chi connectivity index (χ4v) is 2.21. The topological polar surface area (TPSA) is 35.5 Å². The Morgan fingerprint density at radius 2 is 1.79 bits per heavy atom. The monoisotopic (exact) mass is 338 g/mol. The summed E-state index contributed by atoms with van der Waals surface area (Å²) in [6.45, 7) is 4.12. The van der Waals surface area contributed by atoms with Gasteiger partial charge in [0.25, 0.3) is 5.78 Å². The van der Waals surface area contributed by atoms with E-state index in [0.29, 0.717) is 12.4 Å². The third-order valence-electron chi connectivity index (χ3n) is 3.36. The molecule has 0 amide bonds. The van der Waals surface area contributed by atoms with E-state index in [1.54, 1.807) is 24.3 Å². The molecule has 2 rings (SSSR count). The Morgan fingerprint density at radius 3 is 2.42 bits per heavy atom. The Bertz CT molecular complexity index is 724. The molecule has 0 fully saturated rings. The molecule has 0 bridgehead atoms. The number of rotatable bonds is 6. The van der Waals surface area contributed by atoms with Crippen LogP contribution in [0.4, 0.5) is 13.2 Å². The van der Waals surface area contributed by atoms with E-state index in [4.69, 9.17) is 9.47 Å². The number of carbonyl (C=O) groups excluding carboxylic acids is 1. The van der Waals surface area contributed by atoms with Crippen molar-refractivity contribution < 1.29 is 27.4 Å². The molecule has 0 saturated heterocycles. The van der Waals surface area contributed by atoms with Crippen molar-refractivity contribution in [2.24, 2.45) is 0 Å². The van der Waals surface area contributed by atoms with Gasteiger partial charge in [-0.05, 0) is 37.6 Å². The summed E-state index contributed by atoms with van der Waals surface area (Å²) in [6.07, 6.45) is -4.91. The molecule has 2 aromatic rings. The normalized spacial score (nSPS) is 11.2. The molecule has 0 aliphatic carbocycles. The van der Waals surface area contributed by atoms with E-state index in [-0.39, 0.29) is 12.2 Å². The van der Waals surface area contributed by atoms with Crippen molar-refractivity contribution in [3.8, 4) is 11.5 Å². The number of hydrogen-bond acceptors (Lipinski definition) is 3. The summed E-state index contributed by atoms with van der Waals surface area (Å²) < 4.78 is 48.9. The third kappa shape index (κ3) is 4.28. The maximum atomic E-state index is 12.6. The minimum atomic E-state index is -4.91. The molecule has 3 nitrogen and oxygen atoms in total. The minimum absolute atomic E-state index is 0.134. The Kier molecular flexibility index (Phi) is 5.49. The first-order valence-corrected chi connectivity index (χ1v) is 7.38. The van der Waals surface area contributed by atoms with E-state index in [1.165, 1.54) is 12.1 Å². The lowest BCUT2D eigenvalue weighted by atomic mass is 10.0. The molecule has 2 aromatic carbocycles. The summed E-state index contributed by atoms with van der Waals surface area (Å²) in [5.41, 5.74) is 0.646. The first kappa shape index (κ1) is 17.8. The molecule has 0 N–H and O–H groups in total. The van der Waals surface area contributed by atoms with Gasteiger partial charge in [0.05, 0.1) is 6.61 Å². The van der Waals surface area contributed by atoms with Gasteiger partial charge >= 0.3 is 6.18 Å². The molecule has 0 saturated carbocycles. The largest absolute Gasteiger partial charge is 0.494 e. The Labute approximate surface area is 138 Å². The highest BCUT2D eigenvalue weighted by Crippen LogP contribution is 2.26. The second-order valence-electron chi connectivity index (χ2n) is 5.13. The predicted molar refractivity (Wildman–Crippen MR) is 83.5 cm³/mol. The number of benzene rings is 2. The van der Waals surface area contributed by atoms with Crippen molar-refractivity contribution in [2.45, 2.75) is 26.6 Å². The number of alkyl halides is 3. The van der Waals surface area contributed by atoms with Gasteiger partial charge in [-0.2, -0.15) is 13.2 Å². The molecule has 128 valence electrons. The van der Waals surface area contributed by atoms with Crippen LogP contribution in [-0.4, -0.2) is 18.6 Å². The van der Waals surface area contributed by atoms with E-state index in [1.807, 2.05) is 13.8 Å². The van der Waals surface area contributed by atoms with Gasteiger partial charge in [-0.15, -0.1) is 0 Å². The van der Waals surface area contributed by atoms with Crippen molar-refractivity contribution in [1.82, 2.24) is 0 Å². The van der Waals surface area contributed by atoms with Gasteiger partial charge in [0.15, 0.2) is 0 Å². The maximum absolute atomic E-state index is 12.6. The Hall–Kier alpha value is -2.50. The van der Waals surface area contributed by atoms with Gasteiger partial charge in [-0.1, -0.05) is 24.3 Å². The second kappa shape index (κ2) is 7.38. The molecule has 0 heterocycles. The highest BCUT2D eigenvalue weighted by Gasteiger charge is 2.40. The summed E-state index contributed by atoms with van der Waals surface area (Å²) in [6, 6.07) is 10.7. The quantitative estimate of drug-likeness (QED) is 0.715. The first-order chi connectivity index (χ1) is 11.3. The van der Waals surface area contributed by atoms with Crippen LogP contribution in [0.15, 0.2) is 42.5 Å². The molecular formula is C18H17F3O3. The second-order valence-corrected chi connectivity index (χ2v) is 5.13. The first-order valence-electron chi connectivity index (χ1n) is 7.38.